The van der Waals surface area contributed by atoms with Crippen LogP contribution in [0.25, 0.3) is 0 Å². The first-order valence-electron chi connectivity index (χ1n) is 9.51. The van der Waals surface area contributed by atoms with E-state index in [1.54, 1.807) is 0 Å². The van der Waals surface area contributed by atoms with E-state index in [9.17, 15) is 4.79 Å². The zero-order valence-electron chi connectivity index (χ0n) is 16.3. The molecule has 0 bridgehead atoms. The molecule has 26 heavy (non-hydrogen) atoms. The molecule has 1 aliphatic carbocycles. The zero-order valence-corrected chi connectivity index (χ0v) is 17.1. The van der Waals surface area contributed by atoms with Crippen LogP contribution < -0.4 is 11.1 Å². The van der Waals surface area contributed by atoms with Crippen LogP contribution in [-0.4, -0.2) is 31.2 Å². The highest BCUT2D eigenvalue weighted by atomic mass is 35.5. The predicted molar refractivity (Wildman–Crippen MR) is 108 cm³/mol. The molecule has 1 aromatic carbocycles. The molecule has 1 amide bonds. The van der Waals surface area contributed by atoms with Crippen LogP contribution in [0.15, 0.2) is 24.3 Å². The summed E-state index contributed by atoms with van der Waals surface area (Å²) >= 11 is 0. The summed E-state index contributed by atoms with van der Waals surface area (Å²) in [5.74, 6) is -0.0200. The second kappa shape index (κ2) is 7.87. The average molecular weight is 381 g/mol. The third-order valence-electron chi connectivity index (χ3n) is 6.10. The summed E-state index contributed by atoms with van der Waals surface area (Å²) in [4.78, 5) is 12.6. The number of benzene rings is 1. The van der Waals surface area contributed by atoms with E-state index in [-0.39, 0.29) is 29.1 Å². The fourth-order valence-corrected chi connectivity index (χ4v) is 3.88. The molecule has 1 aliphatic heterocycles. The minimum Gasteiger partial charge on any atom is -0.381 e. The number of nitrogens with two attached hydrogens (primary N) is 1. The Labute approximate surface area is 163 Å². The molecule has 1 heterocycles. The van der Waals surface area contributed by atoms with E-state index in [1.807, 2.05) is 0 Å². The lowest BCUT2D eigenvalue weighted by Gasteiger charge is -2.44. The van der Waals surface area contributed by atoms with Gasteiger partial charge in [-0.25, -0.2) is 0 Å². The fourth-order valence-electron chi connectivity index (χ4n) is 3.88. The lowest BCUT2D eigenvalue weighted by atomic mass is 9.64. The van der Waals surface area contributed by atoms with Gasteiger partial charge in [0.2, 0.25) is 5.91 Å². The van der Waals surface area contributed by atoms with Gasteiger partial charge in [-0.2, -0.15) is 0 Å². The zero-order chi connectivity index (χ0) is 18.1. The summed E-state index contributed by atoms with van der Waals surface area (Å²) in [6.45, 7) is 8.52. The van der Waals surface area contributed by atoms with E-state index in [4.69, 9.17) is 10.5 Å². The van der Waals surface area contributed by atoms with Gasteiger partial charge in [0.1, 0.15) is 0 Å². The molecule has 2 aliphatic rings. The first-order chi connectivity index (χ1) is 11.8. The number of rotatable bonds is 4. The molecule has 3 N–H and O–H groups in total. The van der Waals surface area contributed by atoms with Crippen LogP contribution >= 0.6 is 12.4 Å². The number of hydrogen-bond acceptors (Lipinski definition) is 3. The van der Waals surface area contributed by atoms with Crippen molar-refractivity contribution in [2.75, 3.05) is 19.8 Å². The maximum atomic E-state index is 12.6. The maximum Gasteiger partial charge on any atom is 0.240 e. The van der Waals surface area contributed by atoms with Gasteiger partial charge in [-0.1, -0.05) is 51.5 Å². The van der Waals surface area contributed by atoms with Gasteiger partial charge in [0, 0.05) is 25.2 Å². The van der Waals surface area contributed by atoms with Crippen LogP contribution in [0.3, 0.4) is 0 Å². The third-order valence-corrected chi connectivity index (χ3v) is 6.10. The highest BCUT2D eigenvalue weighted by Gasteiger charge is 2.41. The molecular weight excluding hydrogens is 348 g/mol. The van der Waals surface area contributed by atoms with Gasteiger partial charge in [0.05, 0.1) is 5.54 Å². The quantitative estimate of drug-likeness (QED) is 0.840. The van der Waals surface area contributed by atoms with E-state index < -0.39 is 5.54 Å². The van der Waals surface area contributed by atoms with Crippen molar-refractivity contribution in [2.24, 2.45) is 5.73 Å². The first-order valence-corrected chi connectivity index (χ1v) is 9.51. The summed E-state index contributed by atoms with van der Waals surface area (Å²) in [6, 6.07) is 8.97. The number of hydrogen-bond donors (Lipinski definition) is 2. The highest BCUT2D eigenvalue weighted by Crippen LogP contribution is 2.43. The molecule has 0 unspecified atom stereocenters. The summed E-state index contributed by atoms with van der Waals surface area (Å²) in [5, 5.41) is 3.16. The lowest BCUT2D eigenvalue weighted by Crippen LogP contribution is -2.59. The number of ether oxygens (including phenoxy) is 1. The van der Waals surface area contributed by atoms with E-state index in [2.05, 4.69) is 50.4 Å². The Morgan fingerprint density at radius 2 is 1.69 bits per heavy atom. The summed E-state index contributed by atoms with van der Waals surface area (Å²) in [6.07, 6.45) is 4.68. The van der Waals surface area contributed by atoms with Crippen molar-refractivity contribution in [3.8, 4) is 0 Å². The molecule has 2 fully saturated rings. The van der Waals surface area contributed by atoms with Gasteiger partial charge in [-0.05, 0) is 42.2 Å². The Morgan fingerprint density at radius 1 is 1.12 bits per heavy atom. The van der Waals surface area contributed by atoms with E-state index in [1.165, 1.54) is 17.5 Å². The van der Waals surface area contributed by atoms with Crippen molar-refractivity contribution in [1.82, 2.24) is 5.32 Å². The van der Waals surface area contributed by atoms with E-state index >= 15 is 0 Å². The Morgan fingerprint density at radius 3 is 2.15 bits per heavy atom. The Kier molecular flexibility index (Phi) is 6.42. The minimum absolute atomic E-state index is 0. The van der Waals surface area contributed by atoms with Gasteiger partial charge in [0.15, 0.2) is 0 Å². The molecular formula is C21H33ClN2O2. The van der Waals surface area contributed by atoms with Crippen LogP contribution in [0, 0.1) is 0 Å². The molecule has 1 saturated heterocycles. The van der Waals surface area contributed by atoms with Gasteiger partial charge in [-0.3, -0.25) is 4.79 Å². The van der Waals surface area contributed by atoms with Gasteiger partial charge >= 0.3 is 0 Å². The topological polar surface area (TPSA) is 64.4 Å². The fraction of sp³-hybridized carbons (Fsp3) is 0.667. The summed E-state index contributed by atoms with van der Waals surface area (Å²) < 4.78 is 5.34. The number of carbonyl (C=O) groups excluding carboxylic acids is 1. The van der Waals surface area contributed by atoms with Crippen molar-refractivity contribution in [1.29, 1.82) is 0 Å². The Bertz CT molecular complexity index is 612. The van der Waals surface area contributed by atoms with Crippen molar-refractivity contribution in [3.63, 3.8) is 0 Å². The first kappa shape index (κ1) is 21.2. The van der Waals surface area contributed by atoms with Gasteiger partial charge < -0.3 is 15.8 Å². The Hall–Kier alpha value is -1.10. The van der Waals surface area contributed by atoms with Crippen molar-refractivity contribution in [3.05, 3.63) is 35.4 Å². The Balaban J connectivity index is 0.00000243. The maximum absolute atomic E-state index is 12.6. The minimum atomic E-state index is -0.765. The number of amides is 1. The van der Waals surface area contributed by atoms with Crippen LogP contribution in [0.5, 0.6) is 0 Å². The number of halogens is 1. The summed E-state index contributed by atoms with van der Waals surface area (Å²) in [5.41, 5.74) is 8.46. The largest absolute Gasteiger partial charge is 0.381 e. The van der Waals surface area contributed by atoms with E-state index in [0.717, 1.165) is 12.8 Å². The van der Waals surface area contributed by atoms with Gasteiger partial charge in [-0.15, -0.1) is 12.4 Å². The molecule has 0 aromatic heterocycles. The molecule has 1 aromatic rings. The molecule has 5 heteroatoms. The van der Waals surface area contributed by atoms with Gasteiger partial charge in [0.25, 0.3) is 0 Å². The van der Waals surface area contributed by atoms with Crippen LogP contribution in [-0.2, 0) is 20.4 Å². The number of carbonyl (C=O) groups is 1. The smallest absolute Gasteiger partial charge is 0.240 e. The second-order valence-electron chi connectivity index (χ2n) is 8.91. The molecule has 0 spiro atoms. The van der Waals surface area contributed by atoms with Crippen molar-refractivity contribution < 1.29 is 9.53 Å². The van der Waals surface area contributed by atoms with Crippen molar-refractivity contribution >= 4 is 18.3 Å². The standard InChI is InChI=1S/C21H32N2O2.ClH/c1-19(2,3)16-5-7-17(8-6-16)20(9-4-10-20)15-23-18(24)21(22)11-13-25-14-12-21;/h5-8H,4,9-15,22H2,1-3H3,(H,23,24);1H. The molecule has 146 valence electrons. The summed E-state index contributed by atoms with van der Waals surface area (Å²) in [7, 11) is 0. The normalized spacial score (nSPS) is 21.2. The van der Waals surface area contributed by atoms with E-state index in [0.29, 0.717) is 32.6 Å². The van der Waals surface area contributed by atoms with Crippen LogP contribution in [0.4, 0.5) is 0 Å². The molecule has 1 saturated carbocycles. The molecule has 3 rings (SSSR count). The highest BCUT2D eigenvalue weighted by molar-refractivity contribution is 5.86. The number of nitrogens with one attached hydrogen (secondary N) is 1. The molecule has 0 radical (unpaired) electrons. The second-order valence-corrected chi connectivity index (χ2v) is 8.91. The lowest BCUT2D eigenvalue weighted by molar-refractivity contribution is -0.130. The average Bonchev–Trinajstić information content (AvgIpc) is 2.54. The van der Waals surface area contributed by atoms with Crippen molar-refractivity contribution in [2.45, 2.75) is 69.2 Å². The van der Waals surface area contributed by atoms with Crippen LogP contribution in [0.1, 0.15) is 64.0 Å². The molecule has 0 atom stereocenters. The third kappa shape index (κ3) is 4.24. The molecule has 4 nitrogen and oxygen atoms in total. The monoisotopic (exact) mass is 380 g/mol. The SMILES string of the molecule is CC(C)(C)c1ccc(C2(CNC(=O)C3(N)CCOCC3)CCC2)cc1.Cl. The van der Waals surface area contributed by atoms with Crippen LogP contribution in [0.2, 0.25) is 0 Å². The predicted octanol–water partition coefficient (Wildman–Crippen LogP) is 3.45.